The number of hydrogen-bond acceptors (Lipinski definition) is 3. The van der Waals surface area contributed by atoms with E-state index < -0.39 is 5.97 Å². The summed E-state index contributed by atoms with van der Waals surface area (Å²) in [5, 5.41) is 9.37. The topological polar surface area (TPSA) is 57.6 Å². The molecule has 0 aromatic heterocycles. The van der Waals surface area contributed by atoms with Crippen molar-refractivity contribution in [3.05, 3.63) is 35.4 Å². The predicted octanol–water partition coefficient (Wildman–Crippen LogP) is 3.94. The minimum atomic E-state index is -0.862. The normalized spacial score (nSPS) is 16.9. The number of rotatable bonds is 7. The second-order valence-electron chi connectivity index (χ2n) is 7.06. The summed E-state index contributed by atoms with van der Waals surface area (Å²) >= 11 is 1.74. The molecule has 1 aliphatic rings. The van der Waals surface area contributed by atoms with Crippen molar-refractivity contribution >= 4 is 23.6 Å². The van der Waals surface area contributed by atoms with Gasteiger partial charge in [-0.2, -0.15) is 0 Å². The van der Waals surface area contributed by atoms with Crippen LogP contribution in [-0.2, 0) is 11.2 Å². The van der Waals surface area contributed by atoms with E-state index in [9.17, 15) is 14.7 Å². The number of likely N-dealkylation sites (tertiary alicyclic amines) is 1. The van der Waals surface area contributed by atoms with E-state index in [0.717, 1.165) is 43.7 Å². The van der Waals surface area contributed by atoms with Crippen molar-refractivity contribution in [2.24, 2.45) is 11.8 Å². The number of carbonyl (C=O) groups excluding carboxylic acids is 1. The van der Waals surface area contributed by atoms with Crippen LogP contribution in [0.15, 0.2) is 24.3 Å². The maximum Gasteiger partial charge on any atom is 0.335 e. The number of carboxylic acid groups (broad SMARTS) is 1. The van der Waals surface area contributed by atoms with Gasteiger partial charge in [0.2, 0.25) is 5.91 Å². The summed E-state index contributed by atoms with van der Waals surface area (Å²) in [6, 6.07) is 7.25. The molecule has 0 saturated carbocycles. The first-order chi connectivity index (χ1) is 11.9. The summed E-state index contributed by atoms with van der Waals surface area (Å²) in [5.41, 5.74) is 1.31. The van der Waals surface area contributed by atoms with Crippen LogP contribution in [0.2, 0.25) is 0 Å². The summed E-state index contributed by atoms with van der Waals surface area (Å²) in [7, 11) is 0. The van der Waals surface area contributed by atoms with E-state index in [2.05, 4.69) is 20.8 Å². The SMILES string of the molecule is CCSC(C(=O)N1CCC(Cc2ccccc2C(=O)O)CC1)C(C)C. The van der Waals surface area contributed by atoms with Crippen LogP contribution in [0.4, 0.5) is 0 Å². The number of amides is 1. The quantitative estimate of drug-likeness (QED) is 0.797. The van der Waals surface area contributed by atoms with Gasteiger partial charge in [-0.25, -0.2) is 4.79 Å². The highest BCUT2D eigenvalue weighted by molar-refractivity contribution is 8.00. The van der Waals surface area contributed by atoms with E-state index in [0.29, 0.717) is 17.4 Å². The molecule has 1 aromatic carbocycles. The summed E-state index contributed by atoms with van der Waals surface area (Å²) in [6.45, 7) is 7.89. The summed E-state index contributed by atoms with van der Waals surface area (Å²) in [4.78, 5) is 26.1. The second kappa shape index (κ2) is 9.27. The minimum absolute atomic E-state index is 0.0503. The van der Waals surface area contributed by atoms with E-state index in [-0.39, 0.29) is 11.2 Å². The van der Waals surface area contributed by atoms with Crippen LogP contribution in [0.3, 0.4) is 0 Å². The molecule has 1 atom stereocenters. The third kappa shape index (κ3) is 5.24. The Balaban J connectivity index is 1.94. The van der Waals surface area contributed by atoms with Gasteiger partial charge in [-0.1, -0.05) is 39.0 Å². The van der Waals surface area contributed by atoms with Crippen LogP contribution in [0.1, 0.15) is 49.5 Å². The van der Waals surface area contributed by atoms with Gasteiger partial charge < -0.3 is 10.0 Å². The number of benzene rings is 1. The molecule has 2 rings (SSSR count). The molecule has 1 unspecified atom stereocenters. The Morgan fingerprint density at radius 3 is 2.44 bits per heavy atom. The van der Waals surface area contributed by atoms with Crippen molar-refractivity contribution in [2.45, 2.75) is 45.3 Å². The third-order valence-electron chi connectivity index (χ3n) is 4.88. The zero-order valence-corrected chi connectivity index (χ0v) is 16.2. The number of aromatic carboxylic acids is 1. The molecule has 0 radical (unpaired) electrons. The maximum absolute atomic E-state index is 12.8. The summed E-state index contributed by atoms with van der Waals surface area (Å²) in [6.07, 6.45) is 2.67. The van der Waals surface area contributed by atoms with Gasteiger partial charge >= 0.3 is 5.97 Å². The van der Waals surface area contributed by atoms with Crippen molar-refractivity contribution in [1.82, 2.24) is 4.90 Å². The molecule has 0 aliphatic carbocycles. The Morgan fingerprint density at radius 1 is 1.24 bits per heavy atom. The lowest BCUT2D eigenvalue weighted by Gasteiger charge is -2.35. The second-order valence-corrected chi connectivity index (χ2v) is 8.47. The van der Waals surface area contributed by atoms with Crippen LogP contribution < -0.4 is 0 Å². The fourth-order valence-corrected chi connectivity index (χ4v) is 4.52. The fourth-order valence-electron chi connectivity index (χ4n) is 3.48. The zero-order chi connectivity index (χ0) is 18.4. The molecule has 5 heteroatoms. The number of carboxylic acids is 1. The number of carbonyl (C=O) groups is 2. The molecule has 1 fully saturated rings. The molecular weight excluding hydrogens is 334 g/mol. The molecule has 0 bridgehead atoms. The maximum atomic E-state index is 12.8. The molecule has 1 amide bonds. The average Bonchev–Trinajstić information content (AvgIpc) is 2.60. The van der Waals surface area contributed by atoms with Crippen LogP contribution in [0.25, 0.3) is 0 Å². The fraction of sp³-hybridized carbons (Fsp3) is 0.600. The number of piperidine rings is 1. The molecule has 1 saturated heterocycles. The highest BCUT2D eigenvalue weighted by Crippen LogP contribution is 2.27. The van der Waals surface area contributed by atoms with Crippen molar-refractivity contribution in [3.8, 4) is 0 Å². The molecule has 0 spiro atoms. The molecule has 1 aromatic rings. The Bertz CT molecular complexity index is 594. The van der Waals surface area contributed by atoms with Crippen LogP contribution in [-0.4, -0.2) is 46.0 Å². The average molecular weight is 364 g/mol. The van der Waals surface area contributed by atoms with Gasteiger partial charge in [0.25, 0.3) is 0 Å². The Morgan fingerprint density at radius 2 is 1.88 bits per heavy atom. The number of thioether (sulfide) groups is 1. The first-order valence-electron chi connectivity index (χ1n) is 9.15. The highest BCUT2D eigenvalue weighted by Gasteiger charge is 2.30. The monoisotopic (exact) mass is 363 g/mol. The molecule has 25 heavy (non-hydrogen) atoms. The molecule has 1 aliphatic heterocycles. The van der Waals surface area contributed by atoms with Crippen LogP contribution >= 0.6 is 11.8 Å². The van der Waals surface area contributed by atoms with E-state index in [1.807, 2.05) is 17.0 Å². The Labute approximate surface area is 155 Å². The van der Waals surface area contributed by atoms with Crippen molar-refractivity contribution in [2.75, 3.05) is 18.8 Å². The standard InChI is InChI=1S/C20H29NO3S/c1-4-25-18(14(2)3)19(22)21-11-9-15(10-12-21)13-16-7-5-6-8-17(16)20(23)24/h5-8,14-15,18H,4,9-13H2,1-3H3,(H,23,24). The van der Waals surface area contributed by atoms with Gasteiger partial charge in [-0.05, 0) is 48.5 Å². The minimum Gasteiger partial charge on any atom is -0.478 e. The molecular formula is C20H29NO3S. The van der Waals surface area contributed by atoms with E-state index in [1.54, 1.807) is 23.9 Å². The van der Waals surface area contributed by atoms with Gasteiger partial charge in [0, 0.05) is 13.1 Å². The first kappa shape index (κ1) is 19.8. The first-order valence-corrected chi connectivity index (χ1v) is 10.2. The van der Waals surface area contributed by atoms with Crippen molar-refractivity contribution in [1.29, 1.82) is 0 Å². The Hall–Kier alpha value is -1.49. The summed E-state index contributed by atoms with van der Waals surface area (Å²) < 4.78 is 0. The van der Waals surface area contributed by atoms with Crippen LogP contribution in [0, 0.1) is 11.8 Å². The van der Waals surface area contributed by atoms with E-state index in [1.165, 1.54) is 0 Å². The summed E-state index contributed by atoms with van der Waals surface area (Å²) in [5.74, 6) is 1.15. The van der Waals surface area contributed by atoms with Gasteiger partial charge in [-0.3, -0.25) is 4.79 Å². The van der Waals surface area contributed by atoms with Gasteiger partial charge in [0.05, 0.1) is 10.8 Å². The highest BCUT2D eigenvalue weighted by atomic mass is 32.2. The van der Waals surface area contributed by atoms with Crippen molar-refractivity contribution < 1.29 is 14.7 Å². The van der Waals surface area contributed by atoms with Crippen molar-refractivity contribution in [3.63, 3.8) is 0 Å². The van der Waals surface area contributed by atoms with E-state index >= 15 is 0 Å². The smallest absolute Gasteiger partial charge is 0.335 e. The lowest BCUT2D eigenvalue weighted by molar-refractivity contribution is -0.132. The zero-order valence-electron chi connectivity index (χ0n) is 15.4. The van der Waals surface area contributed by atoms with Gasteiger partial charge in [-0.15, -0.1) is 11.8 Å². The van der Waals surface area contributed by atoms with Gasteiger partial charge in [0.15, 0.2) is 0 Å². The van der Waals surface area contributed by atoms with Gasteiger partial charge in [0.1, 0.15) is 0 Å². The Kier molecular flexibility index (Phi) is 7.36. The van der Waals surface area contributed by atoms with E-state index in [4.69, 9.17) is 0 Å². The lowest BCUT2D eigenvalue weighted by Crippen LogP contribution is -2.44. The molecule has 1 N–H and O–H groups in total. The number of nitrogens with zero attached hydrogens (tertiary/aromatic N) is 1. The largest absolute Gasteiger partial charge is 0.478 e. The lowest BCUT2D eigenvalue weighted by atomic mass is 9.88. The molecule has 138 valence electrons. The molecule has 4 nitrogen and oxygen atoms in total. The molecule has 1 heterocycles. The predicted molar refractivity (Wildman–Crippen MR) is 103 cm³/mol. The number of hydrogen-bond donors (Lipinski definition) is 1. The van der Waals surface area contributed by atoms with Crippen LogP contribution in [0.5, 0.6) is 0 Å². The third-order valence-corrected chi connectivity index (χ3v) is 6.32.